The first-order valence-corrected chi connectivity index (χ1v) is 10.2. The molecule has 0 aliphatic carbocycles. The Hall–Kier alpha value is -4.09. The van der Waals surface area contributed by atoms with E-state index >= 15 is 0 Å². The van der Waals surface area contributed by atoms with Gasteiger partial charge in [0.25, 0.3) is 5.91 Å². The van der Waals surface area contributed by atoms with Gasteiger partial charge in [0, 0.05) is 44.5 Å². The lowest BCUT2D eigenvalue weighted by Gasteiger charge is -2.13. The Morgan fingerprint density at radius 3 is 2.56 bits per heavy atom. The highest BCUT2D eigenvalue weighted by Crippen LogP contribution is 2.32. The highest BCUT2D eigenvalue weighted by molar-refractivity contribution is 5.91. The zero-order valence-electron chi connectivity index (χ0n) is 18.2. The third kappa shape index (κ3) is 5.11. The minimum atomic E-state index is -4.72. The van der Waals surface area contributed by atoms with Crippen LogP contribution in [0.3, 0.4) is 0 Å². The van der Waals surface area contributed by atoms with Crippen LogP contribution in [-0.4, -0.2) is 51.4 Å². The molecule has 0 saturated heterocycles. The van der Waals surface area contributed by atoms with Crippen LogP contribution in [0.15, 0.2) is 57.8 Å². The van der Waals surface area contributed by atoms with Crippen molar-refractivity contribution in [3.8, 4) is 22.8 Å². The molecule has 0 spiro atoms. The number of ether oxygens (including phenoxy) is 1. The van der Waals surface area contributed by atoms with Crippen molar-refractivity contribution < 1.29 is 31.7 Å². The zero-order chi connectivity index (χ0) is 24.3. The molecule has 34 heavy (non-hydrogen) atoms. The van der Waals surface area contributed by atoms with Crippen molar-refractivity contribution in [2.45, 2.75) is 19.0 Å². The van der Waals surface area contributed by atoms with Crippen LogP contribution in [0.4, 0.5) is 13.2 Å². The molecule has 0 saturated carbocycles. The number of aromatic nitrogens is 4. The molecular weight excluding hydrogens is 455 g/mol. The maximum atomic E-state index is 12.8. The Morgan fingerprint density at radius 1 is 1.12 bits per heavy atom. The van der Waals surface area contributed by atoms with Crippen molar-refractivity contribution in [3.63, 3.8) is 0 Å². The van der Waals surface area contributed by atoms with E-state index in [1.165, 1.54) is 4.90 Å². The Balaban J connectivity index is 1.46. The third-order valence-electron chi connectivity index (χ3n) is 4.78. The van der Waals surface area contributed by atoms with Crippen molar-refractivity contribution in [3.05, 3.63) is 66.1 Å². The smallest absolute Gasteiger partial charge is 0.471 e. The van der Waals surface area contributed by atoms with Crippen molar-refractivity contribution in [2.75, 3.05) is 20.7 Å². The number of hydrogen-bond acceptors (Lipinski definition) is 7. The van der Waals surface area contributed by atoms with Crippen molar-refractivity contribution in [1.29, 1.82) is 0 Å². The topological polar surface area (TPSA) is 99.4 Å². The maximum Gasteiger partial charge on any atom is 0.471 e. The number of rotatable bonds is 8. The number of benzene rings is 1. The van der Waals surface area contributed by atoms with Crippen LogP contribution < -0.4 is 4.74 Å². The van der Waals surface area contributed by atoms with Gasteiger partial charge in [0.05, 0.1) is 12.3 Å². The van der Waals surface area contributed by atoms with Crippen LogP contribution in [0.1, 0.15) is 28.6 Å². The molecule has 12 heteroatoms. The average molecular weight is 475 g/mol. The SMILES string of the molecule is CN(C)C(=O)c1cc(CCCOc2ccc(-c3noc(C(F)(F)F)n3)cc2-n2cccc2)on1. The molecule has 9 nitrogen and oxygen atoms in total. The molecule has 0 unspecified atom stereocenters. The molecule has 178 valence electrons. The minimum Gasteiger partial charge on any atom is -0.491 e. The second kappa shape index (κ2) is 9.41. The molecular formula is C22H20F3N5O4. The summed E-state index contributed by atoms with van der Waals surface area (Å²) < 4.78 is 55.6. The predicted octanol–water partition coefficient (Wildman–Crippen LogP) is 4.25. The normalized spacial score (nSPS) is 11.6. The summed E-state index contributed by atoms with van der Waals surface area (Å²) in [6.07, 6.45) is -0.0744. The summed E-state index contributed by atoms with van der Waals surface area (Å²) in [5, 5.41) is 7.22. The van der Waals surface area contributed by atoms with Crippen molar-refractivity contribution >= 4 is 5.91 Å². The van der Waals surface area contributed by atoms with Gasteiger partial charge in [0.2, 0.25) is 5.82 Å². The molecule has 3 aromatic heterocycles. The van der Waals surface area contributed by atoms with E-state index in [0.29, 0.717) is 42.2 Å². The van der Waals surface area contributed by atoms with Crippen LogP contribution in [0, 0.1) is 0 Å². The number of amides is 1. The van der Waals surface area contributed by atoms with Gasteiger partial charge in [0.15, 0.2) is 5.69 Å². The number of halogens is 3. The van der Waals surface area contributed by atoms with Crippen molar-refractivity contribution in [1.82, 2.24) is 24.8 Å². The summed E-state index contributed by atoms with van der Waals surface area (Å²) in [6, 6.07) is 10.0. The summed E-state index contributed by atoms with van der Waals surface area (Å²) in [5.74, 6) is -0.756. The van der Waals surface area contributed by atoms with Crippen LogP contribution >= 0.6 is 0 Å². The number of alkyl halides is 3. The molecule has 1 amide bonds. The van der Waals surface area contributed by atoms with Gasteiger partial charge in [-0.2, -0.15) is 18.2 Å². The number of aryl methyl sites for hydroxylation is 1. The molecule has 0 atom stereocenters. The van der Waals surface area contributed by atoms with E-state index in [2.05, 4.69) is 19.8 Å². The van der Waals surface area contributed by atoms with Gasteiger partial charge < -0.3 is 23.3 Å². The predicted molar refractivity (Wildman–Crippen MR) is 112 cm³/mol. The lowest BCUT2D eigenvalue weighted by molar-refractivity contribution is -0.159. The fourth-order valence-corrected chi connectivity index (χ4v) is 3.12. The monoisotopic (exact) mass is 475 g/mol. The molecule has 3 heterocycles. The summed E-state index contributed by atoms with van der Waals surface area (Å²) in [5.41, 5.74) is 1.18. The fraction of sp³-hybridized carbons (Fsp3) is 0.273. The third-order valence-corrected chi connectivity index (χ3v) is 4.78. The molecule has 1 aromatic carbocycles. The van der Waals surface area contributed by atoms with Gasteiger partial charge in [0.1, 0.15) is 11.5 Å². The van der Waals surface area contributed by atoms with E-state index in [0.717, 1.165) is 0 Å². The molecule has 0 radical (unpaired) electrons. The van der Waals surface area contributed by atoms with E-state index in [1.54, 1.807) is 55.3 Å². The van der Waals surface area contributed by atoms with Crippen LogP contribution in [0.5, 0.6) is 5.75 Å². The molecule has 0 fully saturated rings. The molecule has 4 aromatic rings. The molecule has 0 N–H and O–H groups in total. The van der Waals surface area contributed by atoms with Gasteiger partial charge in [-0.15, -0.1) is 0 Å². The highest BCUT2D eigenvalue weighted by Gasteiger charge is 2.38. The first-order chi connectivity index (χ1) is 16.2. The van der Waals surface area contributed by atoms with Gasteiger partial charge >= 0.3 is 12.1 Å². The zero-order valence-corrected chi connectivity index (χ0v) is 18.2. The largest absolute Gasteiger partial charge is 0.491 e. The maximum absolute atomic E-state index is 12.8. The van der Waals surface area contributed by atoms with Gasteiger partial charge in [-0.1, -0.05) is 10.3 Å². The minimum absolute atomic E-state index is 0.180. The highest BCUT2D eigenvalue weighted by atomic mass is 19.4. The fourth-order valence-electron chi connectivity index (χ4n) is 3.12. The first kappa shape index (κ1) is 23.1. The van der Waals surface area contributed by atoms with E-state index in [1.807, 2.05) is 12.1 Å². The summed E-state index contributed by atoms with van der Waals surface area (Å²) in [4.78, 5) is 16.8. The van der Waals surface area contributed by atoms with E-state index in [4.69, 9.17) is 9.26 Å². The Bertz CT molecular complexity index is 1260. The standard InChI is InChI=1S/C22H20F3N5O4/c1-29(2)20(31)16-13-15(33-27-16)6-5-11-32-18-8-7-14(12-17(18)30-9-3-4-10-30)19-26-21(34-28-19)22(23,24)25/h3-4,7-10,12-13H,5-6,11H2,1-2H3. The average Bonchev–Trinajstić information content (AvgIpc) is 3.57. The van der Waals surface area contributed by atoms with Crippen LogP contribution in [-0.2, 0) is 12.6 Å². The van der Waals surface area contributed by atoms with E-state index in [9.17, 15) is 18.0 Å². The van der Waals surface area contributed by atoms with Gasteiger partial charge in [-0.05, 0) is 36.8 Å². The lowest BCUT2D eigenvalue weighted by Crippen LogP contribution is -2.21. The second-order valence-corrected chi connectivity index (χ2v) is 7.52. The molecule has 0 aliphatic heterocycles. The number of carbonyl (C=O) groups is 1. The van der Waals surface area contributed by atoms with Crippen LogP contribution in [0.2, 0.25) is 0 Å². The summed E-state index contributed by atoms with van der Waals surface area (Å²) in [6.45, 7) is 0.325. The van der Waals surface area contributed by atoms with Gasteiger partial charge in [-0.3, -0.25) is 4.79 Å². The Morgan fingerprint density at radius 2 is 1.88 bits per heavy atom. The molecule has 0 bridgehead atoms. The van der Waals surface area contributed by atoms with Gasteiger partial charge in [-0.25, -0.2) is 0 Å². The number of hydrogen-bond donors (Lipinski definition) is 0. The quantitative estimate of drug-likeness (QED) is 0.351. The molecule has 0 aliphatic rings. The first-order valence-electron chi connectivity index (χ1n) is 10.2. The lowest BCUT2D eigenvalue weighted by atomic mass is 10.1. The van der Waals surface area contributed by atoms with E-state index < -0.39 is 12.1 Å². The molecule has 4 rings (SSSR count). The summed E-state index contributed by atoms with van der Waals surface area (Å²) >= 11 is 0. The van der Waals surface area contributed by atoms with E-state index in [-0.39, 0.29) is 17.4 Å². The second-order valence-electron chi connectivity index (χ2n) is 7.52. The van der Waals surface area contributed by atoms with Crippen molar-refractivity contribution in [2.24, 2.45) is 0 Å². The number of carbonyl (C=O) groups excluding carboxylic acids is 1. The Kier molecular flexibility index (Phi) is 6.39. The summed E-state index contributed by atoms with van der Waals surface area (Å²) in [7, 11) is 3.26. The number of nitrogens with zero attached hydrogens (tertiary/aromatic N) is 5. The Labute approximate surface area is 191 Å². The van der Waals surface area contributed by atoms with Crippen LogP contribution in [0.25, 0.3) is 17.1 Å².